The Kier molecular flexibility index (Phi) is 4.80. The third-order valence-corrected chi connectivity index (χ3v) is 3.88. The molecule has 0 radical (unpaired) electrons. The van der Waals surface area contributed by atoms with E-state index >= 15 is 0 Å². The lowest BCUT2D eigenvalue weighted by Crippen LogP contribution is -2.39. The summed E-state index contributed by atoms with van der Waals surface area (Å²) >= 11 is 0. The summed E-state index contributed by atoms with van der Waals surface area (Å²) in [6.45, 7) is 9.61. The van der Waals surface area contributed by atoms with Crippen LogP contribution in [0.2, 0.25) is 0 Å². The predicted molar refractivity (Wildman–Crippen MR) is 79.4 cm³/mol. The number of para-hydroxylation sites is 1. The van der Waals surface area contributed by atoms with Gasteiger partial charge in [-0.05, 0) is 19.2 Å². The maximum atomic E-state index is 9.08. The standard InChI is InChI=1S/C15H23N3O/c1-3-17(4-2)11-12-18-10-9-14(16-19)13-7-5-6-8-15(13)18/h5-8,19H,3-4,9-12H2,1-2H3. The Bertz CT molecular complexity index is 441. The second-order valence-corrected chi connectivity index (χ2v) is 4.83. The molecule has 0 unspecified atom stereocenters. The van der Waals surface area contributed by atoms with Crippen LogP contribution in [0.25, 0.3) is 0 Å². The van der Waals surface area contributed by atoms with Gasteiger partial charge >= 0.3 is 0 Å². The van der Waals surface area contributed by atoms with Gasteiger partial charge in [-0.15, -0.1) is 0 Å². The van der Waals surface area contributed by atoms with Crippen LogP contribution in [0.4, 0.5) is 5.69 Å². The van der Waals surface area contributed by atoms with Crippen molar-refractivity contribution in [2.24, 2.45) is 5.16 Å². The number of likely N-dealkylation sites (N-methyl/N-ethyl adjacent to an activating group) is 1. The van der Waals surface area contributed by atoms with E-state index in [4.69, 9.17) is 5.21 Å². The van der Waals surface area contributed by atoms with E-state index in [-0.39, 0.29) is 0 Å². The highest BCUT2D eigenvalue weighted by atomic mass is 16.4. The minimum absolute atomic E-state index is 0.801. The lowest BCUT2D eigenvalue weighted by Gasteiger charge is -2.33. The Morgan fingerprint density at radius 1 is 1.26 bits per heavy atom. The molecule has 0 saturated heterocycles. The molecule has 0 aliphatic carbocycles. The largest absolute Gasteiger partial charge is 0.411 e. The number of hydrogen-bond acceptors (Lipinski definition) is 4. The van der Waals surface area contributed by atoms with E-state index in [0.29, 0.717) is 0 Å². The summed E-state index contributed by atoms with van der Waals surface area (Å²) in [7, 11) is 0. The Balaban J connectivity index is 2.12. The summed E-state index contributed by atoms with van der Waals surface area (Å²) in [5.41, 5.74) is 3.05. The molecule has 2 rings (SSSR count). The van der Waals surface area contributed by atoms with Crippen molar-refractivity contribution >= 4 is 11.4 Å². The third kappa shape index (κ3) is 3.07. The van der Waals surface area contributed by atoms with Gasteiger partial charge < -0.3 is 15.0 Å². The first-order valence-corrected chi connectivity index (χ1v) is 7.07. The van der Waals surface area contributed by atoms with Gasteiger partial charge in [0.1, 0.15) is 0 Å². The highest BCUT2D eigenvalue weighted by Gasteiger charge is 2.21. The molecule has 1 N–H and O–H groups in total. The van der Waals surface area contributed by atoms with Crippen LogP contribution in [0.5, 0.6) is 0 Å². The molecule has 4 heteroatoms. The highest BCUT2D eigenvalue weighted by molar-refractivity contribution is 6.06. The number of hydrogen-bond donors (Lipinski definition) is 1. The van der Waals surface area contributed by atoms with E-state index in [0.717, 1.165) is 50.4 Å². The van der Waals surface area contributed by atoms with Crippen molar-refractivity contribution in [1.82, 2.24) is 4.90 Å². The van der Waals surface area contributed by atoms with Crippen molar-refractivity contribution in [2.75, 3.05) is 37.6 Å². The summed E-state index contributed by atoms with van der Waals surface area (Å²) in [5, 5.41) is 12.5. The molecule has 0 bridgehead atoms. The Morgan fingerprint density at radius 2 is 2.00 bits per heavy atom. The van der Waals surface area contributed by atoms with Gasteiger partial charge in [0.05, 0.1) is 5.71 Å². The zero-order valence-corrected chi connectivity index (χ0v) is 11.8. The van der Waals surface area contributed by atoms with Crippen LogP contribution in [0, 0.1) is 0 Å². The topological polar surface area (TPSA) is 39.1 Å². The fourth-order valence-electron chi connectivity index (χ4n) is 2.63. The molecule has 104 valence electrons. The van der Waals surface area contributed by atoms with Crippen LogP contribution in [0.3, 0.4) is 0 Å². The minimum atomic E-state index is 0.801. The lowest BCUT2D eigenvalue weighted by molar-refractivity contribution is 0.308. The predicted octanol–water partition coefficient (Wildman–Crippen LogP) is 2.42. The van der Waals surface area contributed by atoms with E-state index in [1.54, 1.807) is 0 Å². The van der Waals surface area contributed by atoms with Gasteiger partial charge in [0.15, 0.2) is 0 Å². The maximum Gasteiger partial charge on any atom is 0.0906 e. The quantitative estimate of drug-likeness (QED) is 0.653. The van der Waals surface area contributed by atoms with Gasteiger partial charge in [0.2, 0.25) is 0 Å². The van der Waals surface area contributed by atoms with E-state index in [1.165, 1.54) is 5.69 Å². The zero-order chi connectivity index (χ0) is 13.7. The highest BCUT2D eigenvalue weighted by Crippen LogP contribution is 2.26. The fraction of sp³-hybridized carbons (Fsp3) is 0.533. The van der Waals surface area contributed by atoms with Crippen LogP contribution in [-0.2, 0) is 0 Å². The molecule has 1 aromatic rings. The average Bonchev–Trinajstić information content (AvgIpc) is 2.48. The maximum absolute atomic E-state index is 9.08. The van der Waals surface area contributed by atoms with Gasteiger partial charge in [0, 0.05) is 37.3 Å². The first-order chi connectivity index (χ1) is 9.30. The molecule has 1 aliphatic rings. The molecule has 1 aliphatic heterocycles. The van der Waals surface area contributed by atoms with Crippen LogP contribution in [0.1, 0.15) is 25.8 Å². The van der Waals surface area contributed by atoms with E-state index in [1.807, 2.05) is 18.2 Å². The van der Waals surface area contributed by atoms with Gasteiger partial charge in [-0.25, -0.2) is 0 Å². The number of nitrogens with zero attached hydrogens (tertiary/aromatic N) is 3. The molecule has 1 heterocycles. The van der Waals surface area contributed by atoms with Crippen molar-refractivity contribution in [3.8, 4) is 0 Å². The second-order valence-electron chi connectivity index (χ2n) is 4.83. The molecule has 19 heavy (non-hydrogen) atoms. The molecule has 0 atom stereocenters. The Hall–Kier alpha value is -1.55. The van der Waals surface area contributed by atoms with Gasteiger partial charge in [-0.1, -0.05) is 37.2 Å². The third-order valence-electron chi connectivity index (χ3n) is 3.88. The van der Waals surface area contributed by atoms with E-state index in [2.05, 4.69) is 34.9 Å². The zero-order valence-electron chi connectivity index (χ0n) is 11.8. The SMILES string of the molecule is CCN(CC)CCN1CCC(=NO)c2ccccc21. The van der Waals surface area contributed by atoms with Crippen LogP contribution < -0.4 is 4.90 Å². The Labute approximate surface area is 115 Å². The Morgan fingerprint density at radius 3 is 2.68 bits per heavy atom. The fourth-order valence-corrected chi connectivity index (χ4v) is 2.63. The average molecular weight is 261 g/mol. The monoisotopic (exact) mass is 261 g/mol. The molecule has 1 aromatic carbocycles. The second kappa shape index (κ2) is 6.57. The lowest BCUT2D eigenvalue weighted by atomic mass is 10.00. The van der Waals surface area contributed by atoms with Gasteiger partial charge in [-0.3, -0.25) is 0 Å². The molecular weight excluding hydrogens is 238 g/mol. The first kappa shape index (κ1) is 13.9. The van der Waals surface area contributed by atoms with Crippen LogP contribution >= 0.6 is 0 Å². The van der Waals surface area contributed by atoms with Crippen molar-refractivity contribution in [1.29, 1.82) is 0 Å². The molecule has 0 saturated carbocycles. The molecule has 0 aromatic heterocycles. The first-order valence-electron chi connectivity index (χ1n) is 7.07. The summed E-state index contributed by atoms with van der Waals surface area (Å²) in [6, 6.07) is 8.19. The number of fused-ring (bicyclic) bond motifs is 1. The number of rotatable bonds is 5. The summed E-state index contributed by atoms with van der Waals surface area (Å²) in [6.07, 6.45) is 0.811. The smallest absolute Gasteiger partial charge is 0.0906 e. The van der Waals surface area contributed by atoms with Crippen molar-refractivity contribution in [3.05, 3.63) is 29.8 Å². The minimum Gasteiger partial charge on any atom is -0.411 e. The number of benzene rings is 1. The number of anilines is 1. The van der Waals surface area contributed by atoms with Crippen molar-refractivity contribution in [3.63, 3.8) is 0 Å². The molecular formula is C15H23N3O. The van der Waals surface area contributed by atoms with Gasteiger partial charge in [-0.2, -0.15) is 0 Å². The van der Waals surface area contributed by atoms with Crippen molar-refractivity contribution < 1.29 is 5.21 Å². The number of oxime groups is 1. The summed E-state index contributed by atoms with van der Waals surface area (Å²) < 4.78 is 0. The molecule has 4 nitrogen and oxygen atoms in total. The van der Waals surface area contributed by atoms with Crippen LogP contribution in [0.15, 0.2) is 29.4 Å². The summed E-state index contributed by atoms with van der Waals surface area (Å²) in [4.78, 5) is 4.82. The van der Waals surface area contributed by atoms with E-state index < -0.39 is 0 Å². The van der Waals surface area contributed by atoms with Crippen molar-refractivity contribution in [2.45, 2.75) is 20.3 Å². The molecule has 0 spiro atoms. The molecule has 0 fully saturated rings. The molecule has 0 amide bonds. The normalized spacial score (nSPS) is 17.0. The summed E-state index contributed by atoms with van der Waals surface area (Å²) in [5.74, 6) is 0. The van der Waals surface area contributed by atoms with Gasteiger partial charge in [0.25, 0.3) is 0 Å². The van der Waals surface area contributed by atoms with Crippen LogP contribution in [-0.4, -0.2) is 48.5 Å². The van der Waals surface area contributed by atoms with E-state index in [9.17, 15) is 0 Å².